The lowest BCUT2D eigenvalue weighted by Crippen LogP contribution is -2.02. The average molecular weight is 321 g/mol. The first kappa shape index (κ1) is 13.7. The van der Waals surface area contributed by atoms with Crippen molar-refractivity contribution in [3.05, 3.63) is 47.1 Å². The summed E-state index contributed by atoms with van der Waals surface area (Å²) in [6.07, 6.45) is 1.79. The number of anilines is 1. The SMILES string of the molecule is Nc1cc(Cl)c(Sc2nnc3ccccn23)c(C(=O)O)c1. The summed E-state index contributed by atoms with van der Waals surface area (Å²) in [7, 11) is 0. The number of hydrogen-bond donors (Lipinski definition) is 2. The number of carbonyl (C=O) groups is 1. The molecule has 3 N–H and O–H groups in total. The fourth-order valence-corrected chi connectivity index (χ4v) is 3.13. The molecule has 6 nitrogen and oxygen atoms in total. The van der Waals surface area contributed by atoms with Gasteiger partial charge in [0.1, 0.15) is 0 Å². The maximum atomic E-state index is 11.3. The Kier molecular flexibility index (Phi) is 3.44. The van der Waals surface area contributed by atoms with Crippen molar-refractivity contribution >= 4 is 40.7 Å². The molecule has 2 heterocycles. The van der Waals surface area contributed by atoms with Gasteiger partial charge in [-0.05, 0) is 36.0 Å². The Morgan fingerprint density at radius 3 is 2.90 bits per heavy atom. The first-order chi connectivity index (χ1) is 10.1. The van der Waals surface area contributed by atoms with Crippen LogP contribution >= 0.6 is 23.4 Å². The Bertz CT molecular complexity index is 849. The van der Waals surface area contributed by atoms with Gasteiger partial charge in [0.15, 0.2) is 5.65 Å². The highest BCUT2D eigenvalue weighted by Crippen LogP contribution is 2.36. The van der Waals surface area contributed by atoms with Crippen LogP contribution in [0.25, 0.3) is 5.65 Å². The zero-order chi connectivity index (χ0) is 15.0. The van der Waals surface area contributed by atoms with Crippen molar-refractivity contribution in [2.24, 2.45) is 0 Å². The molecule has 2 aromatic heterocycles. The lowest BCUT2D eigenvalue weighted by atomic mass is 10.2. The molecule has 1 aromatic carbocycles. The number of nitrogens with zero attached hydrogens (tertiary/aromatic N) is 3. The van der Waals surface area contributed by atoms with Crippen molar-refractivity contribution in [3.63, 3.8) is 0 Å². The summed E-state index contributed by atoms with van der Waals surface area (Å²) in [5.74, 6) is -1.10. The van der Waals surface area contributed by atoms with Gasteiger partial charge in [0, 0.05) is 16.8 Å². The third-order valence-corrected chi connectivity index (χ3v) is 4.29. The number of carboxylic acids is 1. The van der Waals surface area contributed by atoms with Gasteiger partial charge < -0.3 is 10.8 Å². The smallest absolute Gasteiger partial charge is 0.336 e. The first-order valence-electron chi connectivity index (χ1n) is 5.86. The molecule has 0 aliphatic heterocycles. The van der Waals surface area contributed by atoms with Gasteiger partial charge in [-0.3, -0.25) is 4.40 Å². The molecular weight excluding hydrogens is 312 g/mol. The van der Waals surface area contributed by atoms with Gasteiger partial charge in [-0.25, -0.2) is 4.79 Å². The second-order valence-electron chi connectivity index (χ2n) is 4.20. The lowest BCUT2D eigenvalue weighted by molar-refractivity contribution is 0.0693. The number of fused-ring (bicyclic) bond motifs is 1. The quantitative estimate of drug-likeness (QED) is 0.721. The van der Waals surface area contributed by atoms with Crippen LogP contribution in [0.2, 0.25) is 5.02 Å². The second-order valence-corrected chi connectivity index (χ2v) is 5.58. The van der Waals surface area contributed by atoms with E-state index in [0.29, 0.717) is 21.4 Å². The second kappa shape index (κ2) is 5.27. The van der Waals surface area contributed by atoms with E-state index < -0.39 is 5.97 Å². The fourth-order valence-electron chi connectivity index (χ4n) is 1.86. The summed E-state index contributed by atoms with van der Waals surface area (Å²) >= 11 is 7.26. The largest absolute Gasteiger partial charge is 0.478 e. The number of carboxylic acid groups (broad SMARTS) is 1. The van der Waals surface area contributed by atoms with Crippen molar-refractivity contribution in [2.75, 3.05) is 5.73 Å². The van der Waals surface area contributed by atoms with Crippen LogP contribution in [-0.2, 0) is 0 Å². The Hall–Kier alpha value is -2.25. The normalized spacial score (nSPS) is 10.9. The van der Waals surface area contributed by atoms with E-state index >= 15 is 0 Å². The topological polar surface area (TPSA) is 93.5 Å². The lowest BCUT2D eigenvalue weighted by Gasteiger charge is -2.08. The predicted octanol–water partition coefficient (Wildman–Crippen LogP) is 2.81. The molecule has 0 spiro atoms. The van der Waals surface area contributed by atoms with Crippen LogP contribution in [0.3, 0.4) is 0 Å². The number of nitrogens with two attached hydrogens (primary N) is 1. The summed E-state index contributed by atoms with van der Waals surface area (Å²) in [6, 6.07) is 8.37. The number of rotatable bonds is 3. The number of aromatic carboxylic acids is 1. The molecule has 0 fully saturated rings. The predicted molar refractivity (Wildman–Crippen MR) is 79.9 cm³/mol. The zero-order valence-electron chi connectivity index (χ0n) is 10.5. The van der Waals surface area contributed by atoms with E-state index in [4.69, 9.17) is 17.3 Å². The van der Waals surface area contributed by atoms with Crippen LogP contribution in [0.1, 0.15) is 10.4 Å². The molecule has 0 radical (unpaired) electrons. The Morgan fingerprint density at radius 2 is 2.14 bits per heavy atom. The molecule has 0 amide bonds. The third kappa shape index (κ3) is 2.53. The standard InChI is InChI=1S/C13H9ClN4O2S/c14-9-6-7(15)5-8(12(19)20)11(9)21-13-17-16-10-3-1-2-4-18(10)13/h1-6H,15H2,(H,19,20). The van der Waals surface area contributed by atoms with Gasteiger partial charge in [0.2, 0.25) is 5.16 Å². The maximum absolute atomic E-state index is 11.3. The van der Waals surface area contributed by atoms with Crippen LogP contribution in [0.15, 0.2) is 46.6 Å². The van der Waals surface area contributed by atoms with Gasteiger partial charge in [0.25, 0.3) is 0 Å². The minimum Gasteiger partial charge on any atom is -0.478 e. The van der Waals surface area contributed by atoms with Crippen LogP contribution < -0.4 is 5.73 Å². The minimum atomic E-state index is -1.10. The van der Waals surface area contributed by atoms with Crippen LogP contribution in [-0.4, -0.2) is 25.7 Å². The molecule has 0 saturated carbocycles. The fraction of sp³-hybridized carbons (Fsp3) is 0. The number of halogens is 1. The monoisotopic (exact) mass is 320 g/mol. The molecule has 0 aliphatic rings. The molecule has 0 unspecified atom stereocenters. The number of aromatic nitrogens is 3. The highest BCUT2D eigenvalue weighted by atomic mass is 35.5. The molecule has 0 bridgehead atoms. The van der Waals surface area contributed by atoms with Gasteiger partial charge in [0.05, 0.1) is 10.6 Å². The van der Waals surface area contributed by atoms with Gasteiger partial charge in [-0.1, -0.05) is 17.7 Å². The third-order valence-electron chi connectivity index (χ3n) is 2.77. The van der Waals surface area contributed by atoms with Gasteiger partial charge in [-0.2, -0.15) is 0 Å². The molecular formula is C13H9ClN4O2S. The average Bonchev–Trinajstić information content (AvgIpc) is 2.84. The Morgan fingerprint density at radius 1 is 1.33 bits per heavy atom. The van der Waals surface area contributed by atoms with Crippen molar-refractivity contribution in [2.45, 2.75) is 10.1 Å². The van der Waals surface area contributed by atoms with E-state index in [1.807, 2.05) is 12.1 Å². The Balaban J connectivity index is 2.11. The summed E-state index contributed by atoms with van der Waals surface area (Å²) in [6.45, 7) is 0. The first-order valence-corrected chi connectivity index (χ1v) is 7.05. The van der Waals surface area contributed by atoms with Crippen molar-refractivity contribution < 1.29 is 9.90 Å². The van der Waals surface area contributed by atoms with E-state index in [2.05, 4.69) is 10.2 Å². The molecule has 0 saturated heterocycles. The molecule has 8 heteroatoms. The molecule has 21 heavy (non-hydrogen) atoms. The van der Waals surface area contributed by atoms with Crippen LogP contribution in [0.5, 0.6) is 0 Å². The highest BCUT2D eigenvalue weighted by molar-refractivity contribution is 7.99. The molecule has 0 aliphatic carbocycles. The van der Waals surface area contributed by atoms with E-state index in [-0.39, 0.29) is 10.6 Å². The van der Waals surface area contributed by atoms with Gasteiger partial charge in [-0.15, -0.1) is 10.2 Å². The summed E-state index contributed by atoms with van der Waals surface area (Å²) in [5, 5.41) is 18.1. The van der Waals surface area contributed by atoms with Crippen LogP contribution in [0.4, 0.5) is 5.69 Å². The summed E-state index contributed by atoms with van der Waals surface area (Å²) in [4.78, 5) is 11.7. The minimum absolute atomic E-state index is 0.0395. The van der Waals surface area contributed by atoms with E-state index in [1.165, 1.54) is 12.1 Å². The van der Waals surface area contributed by atoms with Crippen LogP contribution in [0, 0.1) is 0 Å². The molecule has 0 atom stereocenters. The molecule has 106 valence electrons. The van der Waals surface area contributed by atoms with E-state index in [9.17, 15) is 9.90 Å². The highest BCUT2D eigenvalue weighted by Gasteiger charge is 2.18. The summed E-state index contributed by atoms with van der Waals surface area (Å²) < 4.78 is 1.75. The number of pyridine rings is 1. The van der Waals surface area contributed by atoms with E-state index in [1.54, 1.807) is 16.7 Å². The van der Waals surface area contributed by atoms with E-state index in [0.717, 1.165) is 11.8 Å². The van der Waals surface area contributed by atoms with Crippen molar-refractivity contribution in [1.29, 1.82) is 0 Å². The zero-order valence-corrected chi connectivity index (χ0v) is 12.1. The molecule has 3 aromatic rings. The number of nitrogen functional groups attached to an aromatic ring is 1. The van der Waals surface area contributed by atoms with Crippen molar-refractivity contribution in [3.8, 4) is 0 Å². The summed E-state index contributed by atoms with van der Waals surface area (Å²) in [5.41, 5.74) is 6.65. The van der Waals surface area contributed by atoms with Gasteiger partial charge >= 0.3 is 5.97 Å². The Labute approximate surface area is 128 Å². The maximum Gasteiger partial charge on any atom is 0.336 e. The number of hydrogen-bond acceptors (Lipinski definition) is 5. The number of benzene rings is 1. The molecule has 3 rings (SSSR count). The van der Waals surface area contributed by atoms with Crippen molar-refractivity contribution in [1.82, 2.24) is 14.6 Å².